The molecule has 2 N–H and O–H groups in total. The molecule has 0 radical (unpaired) electrons. The van der Waals surface area contributed by atoms with Gasteiger partial charge in [-0.25, -0.2) is 0 Å². The van der Waals surface area contributed by atoms with E-state index in [9.17, 15) is 10.1 Å². The van der Waals surface area contributed by atoms with E-state index in [1.165, 1.54) is 0 Å². The topological polar surface area (TPSA) is 99.9 Å². The standard InChI is InChI=1S/C28H23N5O2/c29-18-19-7-8-26-25(15-19)27(11-14-31-26)35-24-6-1-3-20(16-24)28(34)33-23-5-2-4-22(17-23)32-21-9-12-30-13-10-21/h1-6,9-14,16-17,19H,7-8,15H2,(H,30,32)(H,33,34). The van der Waals surface area contributed by atoms with Crippen LogP contribution in [-0.4, -0.2) is 15.9 Å². The molecule has 0 saturated heterocycles. The van der Waals surface area contributed by atoms with E-state index in [1.54, 1.807) is 36.8 Å². The third kappa shape index (κ3) is 5.28. The molecule has 7 nitrogen and oxygen atoms in total. The molecule has 0 aliphatic heterocycles. The number of nitrogens with one attached hydrogen (secondary N) is 2. The molecule has 5 rings (SSSR count). The summed E-state index contributed by atoms with van der Waals surface area (Å²) in [6, 6.07) is 22.5. The van der Waals surface area contributed by atoms with Crippen LogP contribution in [0.15, 0.2) is 85.3 Å². The number of hydrogen-bond acceptors (Lipinski definition) is 6. The summed E-state index contributed by atoms with van der Waals surface area (Å²) in [5, 5.41) is 15.6. The van der Waals surface area contributed by atoms with Crippen LogP contribution >= 0.6 is 0 Å². The van der Waals surface area contributed by atoms with Crippen molar-refractivity contribution in [3.63, 3.8) is 0 Å². The highest BCUT2D eigenvalue weighted by Crippen LogP contribution is 2.33. The lowest BCUT2D eigenvalue weighted by atomic mass is 9.87. The number of amides is 1. The van der Waals surface area contributed by atoms with Gasteiger partial charge in [0.15, 0.2) is 0 Å². The second kappa shape index (κ2) is 10.1. The molecule has 172 valence electrons. The zero-order valence-electron chi connectivity index (χ0n) is 18.9. The number of carbonyl (C=O) groups is 1. The molecule has 2 heterocycles. The Morgan fingerprint density at radius 2 is 1.80 bits per heavy atom. The van der Waals surface area contributed by atoms with E-state index in [4.69, 9.17) is 4.74 Å². The minimum absolute atomic E-state index is 0.0324. The van der Waals surface area contributed by atoms with E-state index < -0.39 is 0 Å². The van der Waals surface area contributed by atoms with Crippen LogP contribution in [0.3, 0.4) is 0 Å². The average Bonchev–Trinajstić information content (AvgIpc) is 2.89. The highest BCUT2D eigenvalue weighted by Gasteiger charge is 2.23. The number of rotatable bonds is 6. The number of pyridine rings is 2. The summed E-state index contributed by atoms with van der Waals surface area (Å²) in [5.74, 6) is 0.966. The van der Waals surface area contributed by atoms with E-state index in [0.717, 1.165) is 35.5 Å². The number of nitriles is 1. The van der Waals surface area contributed by atoms with Crippen LogP contribution in [0.1, 0.15) is 28.0 Å². The molecule has 2 aromatic carbocycles. The van der Waals surface area contributed by atoms with Gasteiger partial charge in [-0.05, 0) is 73.9 Å². The molecule has 0 spiro atoms. The number of hydrogen-bond donors (Lipinski definition) is 2. The monoisotopic (exact) mass is 461 g/mol. The Balaban J connectivity index is 1.30. The summed E-state index contributed by atoms with van der Waals surface area (Å²) in [6.07, 6.45) is 7.36. The van der Waals surface area contributed by atoms with Gasteiger partial charge >= 0.3 is 0 Å². The molecule has 35 heavy (non-hydrogen) atoms. The van der Waals surface area contributed by atoms with Crippen LogP contribution in [0.25, 0.3) is 0 Å². The summed E-state index contributed by atoms with van der Waals surface area (Å²) >= 11 is 0. The molecule has 7 heteroatoms. The van der Waals surface area contributed by atoms with Gasteiger partial charge in [-0.1, -0.05) is 12.1 Å². The molecular weight excluding hydrogens is 438 g/mol. The molecule has 2 aromatic heterocycles. The van der Waals surface area contributed by atoms with E-state index in [0.29, 0.717) is 29.2 Å². The van der Waals surface area contributed by atoms with Crippen LogP contribution < -0.4 is 15.4 Å². The predicted molar refractivity (Wildman–Crippen MR) is 134 cm³/mol. The van der Waals surface area contributed by atoms with Crippen molar-refractivity contribution in [2.24, 2.45) is 5.92 Å². The highest BCUT2D eigenvalue weighted by atomic mass is 16.5. The molecule has 4 aromatic rings. The summed E-state index contributed by atoms with van der Waals surface area (Å²) in [4.78, 5) is 21.4. The molecule has 1 aliphatic rings. The Bertz CT molecular complexity index is 1400. The maximum absolute atomic E-state index is 13.0. The Labute approximate surface area is 203 Å². The van der Waals surface area contributed by atoms with Gasteiger partial charge in [-0.2, -0.15) is 5.26 Å². The maximum atomic E-state index is 13.0. The average molecular weight is 462 g/mol. The lowest BCUT2D eigenvalue weighted by Crippen LogP contribution is -2.15. The van der Waals surface area contributed by atoms with Crippen molar-refractivity contribution in [3.8, 4) is 17.6 Å². The molecule has 1 aliphatic carbocycles. The van der Waals surface area contributed by atoms with E-state index in [1.807, 2.05) is 48.5 Å². The van der Waals surface area contributed by atoms with Crippen LogP contribution in [0.4, 0.5) is 17.1 Å². The fraction of sp³-hybridized carbons (Fsp3) is 0.143. The lowest BCUT2D eigenvalue weighted by Gasteiger charge is -2.21. The molecule has 0 bridgehead atoms. The van der Waals surface area contributed by atoms with Gasteiger partial charge in [0.25, 0.3) is 5.91 Å². The van der Waals surface area contributed by atoms with Crippen LogP contribution in [-0.2, 0) is 12.8 Å². The van der Waals surface area contributed by atoms with Gasteiger partial charge < -0.3 is 15.4 Å². The first-order valence-electron chi connectivity index (χ1n) is 11.4. The van der Waals surface area contributed by atoms with Gasteiger partial charge in [0, 0.05) is 52.5 Å². The number of aromatic nitrogens is 2. The first-order valence-corrected chi connectivity index (χ1v) is 11.4. The van der Waals surface area contributed by atoms with Crippen molar-refractivity contribution in [2.45, 2.75) is 19.3 Å². The van der Waals surface area contributed by atoms with Crippen molar-refractivity contribution in [2.75, 3.05) is 10.6 Å². The summed E-state index contributed by atoms with van der Waals surface area (Å²) in [6.45, 7) is 0. The molecule has 1 unspecified atom stereocenters. The number of carbonyl (C=O) groups excluding carboxylic acids is 1. The Kier molecular flexibility index (Phi) is 6.35. The van der Waals surface area contributed by atoms with E-state index in [-0.39, 0.29) is 11.8 Å². The van der Waals surface area contributed by atoms with Gasteiger partial charge in [0.05, 0.1) is 12.0 Å². The summed E-state index contributed by atoms with van der Waals surface area (Å²) in [5.41, 5.74) is 4.86. The summed E-state index contributed by atoms with van der Waals surface area (Å²) < 4.78 is 6.15. The minimum atomic E-state index is -0.238. The third-order valence-corrected chi connectivity index (χ3v) is 5.88. The van der Waals surface area contributed by atoms with Crippen LogP contribution in [0.5, 0.6) is 11.5 Å². The minimum Gasteiger partial charge on any atom is -0.457 e. The second-order valence-electron chi connectivity index (χ2n) is 8.33. The third-order valence-electron chi connectivity index (χ3n) is 5.88. The van der Waals surface area contributed by atoms with Crippen LogP contribution in [0.2, 0.25) is 0 Å². The van der Waals surface area contributed by atoms with E-state index in [2.05, 4.69) is 26.7 Å². The predicted octanol–water partition coefficient (Wildman–Crippen LogP) is 5.89. The quantitative estimate of drug-likeness (QED) is 0.371. The maximum Gasteiger partial charge on any atom is 0.255 e. The zero-order valence-corrected chi connectivity index (χ0v) is 18.9. The van der Waals surface area contributed by atoms with Crippen molar-refractivity contribution in [1.82, 2.24) is 9.97 Å². The molecule has 0 fully saturated rings. The second-order valence-corrected chi connectivity index (χ2v) is 8.33. The van der Waals surface area contributed by atoms with Crippen molar-refractivity contribution in [3.05, 3.63) is 102 Å². The van der Waals surface area contributed by atoms with E-state index >= 15 is 0 Å². The highest BCUT2D eigenvalue weighted by molar-refractivity contribution is 6.04. The van der Waals surface area contributed by atoms with Crippen molar-refractivity contribution >= 4 is 23.0 Å². The fourth-order valence-corrected chi connectivity index (χ4v) is 4.12. The SMILES string of the molecule is N#CC1CCc2nccc(Oc3cccc(C(=O)Nc4cccc(Nc5ccncc5)c4)c3)c2C1. The molecule has 1 amide bonds. The largest absolute Gasteiger partial charge is 0.457 e. The summed E-state index contributed by atoms with van der Waals surface area (Å²) in [7, 11) is 0. The molecule has 1 atom stereocenters. The smallest absolute Gasteiger partial charge is 0.255 e. The number of fused-ring (bicyclic) bond motifs is 1. The van der Waals surface area contributed by atoms with Gasteiger partial charge in [-0.15, -0.1) is 0 Å². The molecule has 0 saturated carbocycles. The van der Waals surface area contributed by atoms with Gasteiger partial charge in [-0.3, -0.25) is 14.8 Å². The normalized spacial score (nSPS) is 14.3. The Hall–Kier alpha value is -4.70. The number of anilines is 3. The zero-order chi connectivity index (χ0) is 24.0. The van der Waals surface area contributed by atoms with Crippen LogP contribution in [0, 0.1) is 17.2 Å². The number of ether oxygens (including phenoxy) is 1. The first kappa shape index (κ1) is 22.1. The number of aryl methyl sites for hydroxylation is 1. The lowest BCUT2D eigenvalue weighted by molar-refractivity contribution is 0.102. The Morgan fingerprint density at radius 1 is 0.971 bits per heavy atom. The number of benzene rings is 2. The molecular formula is C28H23N5O2. The van der Waals surface area contributed by atoms with Crippen molar-refractivity contribution in [1.29, 1.82) is 5.26 Å². The van der Waals surface area contributed by atoms with Crippen molar-refractivity contribution < 1.29 is 9.53 Å². The number of nitrogens with zero attached hydrogens (tertiary/aromatic N) is 3. The Morgan fingerprint density at radius 3 is 2.66 bits per heavy atom. The van der Waals surface area contributed by atoms with Gasteiger partial charge in [0.2, 0.25) is 0 Å². The van der Waals surface area contributed by atoms with Gasteiger partial charge in [0.1, 0.15) is 11.5 Å². The fourth-order valence-electron chi connectivity index (χ4n) is 4.12. The first-order chi connectivity index (χ1) is 17.2.